The average Bonchev–Trinajstić information content (AvgIpc) is 3.35. The molecular weight excluding hydrogens is 538 g/mol. The number of ketones is 1. The molecule has 0 spiro atoms. The highest BCUT2D eigenvalue weighted by Gasteiger charge is 2.79. The Balaban J connectivity index is 1.26. The van der Waals surface area contributed by atoms with Crippen molar-refractivity contribution in [2.75, 3.05) is 20.3 Å². The van der Waals surface area contributed by atoms with Crippen LogP contribution < -0.4 is 5.32 Å². The summed E-state index contributed by atoms with van der Waals surface area (Å²) in [7, 11) is 1.44. The molecule has 6 nitrogen and oxygen atoms in total. The molecule has 4 atom stereocenters. The molecule has 0 saturated heterocycles. The number of carbonyl (C=O) groups excluding carboxylic acids is 1. The molecule has 2 aliphatic rings. The molecular formula is C37H45NO5. The van der Waals surface area contributed by atoms with Gasteiger partial charge in [0.15, 0.2) is 5.79 Å². The van der Waals surface area contributed by atoms with Gasteiger partial charge in [-0.1, -0.05) is 80.6 Å². The third-order valence-corrected chi connectivity index (χ3v) is 10.2. The van der Waals surface area contributed by atoms with Crippen molar-refractivity contribution in [3.8, 4) is 16.9 Å². The number of rotatable bonds is 13. The van der Waals surface area contributed by atoms with Crippen LogP contribution in [0.15, 0.2) is 84.9 Å². The van der Waals surface area contributed by atoms with Gasteiger partial charge in [-0.25, -0.2) is 0 Å². The summed E-state index contributed by atoms with van der Waals surface area (Å²) in [5.41, 5.74) is 4.15. The molecule has 3 aromatic carbocycles. The summed E-state index contributed by atoms with van der Waals surface area (Å²) in [6.45, 7) is 9.58. The van der Waals surface area contributed by atoms with Crippen molar-refractivity contribution in [1.29, 1.82) is 0 Å². The van der Waals surface area contributed by atoms with E-state index in [1.807, 2.05) is 38.1 Å². The van der Waals surface area contributed by atoms with E-state index in [1.165, 1.54) is 12.7 Å². The van der Waals surface area contributed by atoms with Gasteiger partial charge in [-0.15, -0.1) is 0 Å². The molecule has 0 amide bonds. The van der Waals surface area contributed by atoms with Gasteiger partial charge in [0.1, 0.15) is 11.5 Å². The Labute approximate surface area is 255 Å². The number of aliphatic hydroxyl groups excluding tert-OH is 1. The van der Waals surface area contributed by atoms with Crippen LogP contribution >= 0.6 is 0 Å². The Bertz CT molecular complexity index is 1470. The number of aliphatic hydroxyl groups is 2. The minimum Gasteiger partial charge on any atom is -0.508 e. The van der Waals surface area contributed by atoms with Gasteiger partial charge in [-0.2, -0.15) is 0 Å². The number of hydrogen-bond donors (Lipinski definition) is 4. The maximum absolute atomic E-state index is 14.1. The van der Waals surface area contributed by atoms with Crippen molar-refractivity contribution in [2.24, 2.45) is 22.7 Å². The first kappa shape index (κ1) is 31.1. The van der Waals surface area contributed by atoms with E-state index in [-0.39, 0.29) is 30.5 Å². The van der Waals surface area contributed by atoms with Gasteiger partial charge < -0.3 is 25.4 Å². The van der Waals surface area contributed by atoms with Crippen LogP contribution in [0.25, 0.3) is 11.1 Å². The van der Waals surface area contributed by atoms with Crippen LogP contribution in [0, 0.1) is 22.7 Å². The Hall–Kier alpha value is -3.29. The highest BCUT2D eigenvalue weighted by Crippen LogP contribution is 2.73. The maximum Gasteiger partial charge on any atom is 0.185 e. The van der Waals surface area contributed by atoms with Gasteiger partial charge in [-0.05, 0) is 84.2 Å². The lowest BCUT2D eigenvalue weighted by atomic mass is 9.58. The fourth-order valence-corrected chi connectivity index (χ4v) is 7.88. The summed E-state index contributed by atoms with van der Waals surface area (Å²) in [5.74, 6) is -2.29. The largest absolute Gasteiger partial charge is 0.508 e. The lowest BCUT2D eigenvalue weighted by Gasteiger charge is -2.46. The number of aromatic hydroxyl groups is 1. The number of ether oxygens (including phenoxy) is 1. The molecule has 4 N–H and O–H groups in total. The highest BCUT2D eigenvalue weighted by atomic mass is 16.6. The lowest BCUT2D eigenvalue weighted by Crippen LogP contribution is -2.55. The fourth-order valence-electron chi connectivity index (χ4n) is 7.88. The maximum atomic E-state index is 14.1. The number of carbonyl (C=O) groups is 1. The third kappa shape index (κ3) is 5.46. The molecule has 3 aromatic rings. The summed E-state index contributed by atoms with van der Waals surface area (Å²) in [6, 6.07) is 24.1. The van der Waals surface area contributed by atoms with Gasteiger partial charge in [0.25, 0.3) is 0 Å². The smallest absolute Gasteiger partial charge is 0.185 e. The second kappa shape index (κ2) is 12.4. The molecule has 43 heavy (non-hydrogen) atoms. The van der Waals surface area contributed by atoms with Crippen LogP contribution in [0.2, 0.25) is 0 Å². The van der Waals surface area contributed by atoms with Crippen molar-refractivity contribution < 1.29 is 24.9 Å². The fraction of sp³-hybridized carbons (Fsp3) is 0.432. The Morgan fingerprint density at radius 3 is 2.42 bits per heavy atom. The zero-order valence-corrected chi connectivity index (χ0v) is 25.6. The molecule has 6 heteroatoms. The second-order valence-corrected chi connectivity index (χ2v) is 12.9. The van der Waals surface area contributed by atoms with Crippen molar-refractivity contribution in [1.82, 2.24) is 5.32 Å². The summed E-state index contributed by atoms with van der Waals surface area (Å²) >= 11 is 0. The van der Waals surface area contributed by atoms with Crippen molar-refractivity contribution in [3.63, 3.8) is 0 Å². The summed E-state index contributed by atoms with van der Waals surface area (Å²) in [6.07, 6.45) is 3.16. The van der Waals surface area contributed by atoms with Gasteiger partial charge in [0.2, 0.25) is 0 Å². The lowest BCUT2D eigenvalue weighted by molar-refractivity contribution is -0.253. The van der Waals surface area contributed by atoms with Crippen LogP contribution in [0.5, 0.6) is 5.75 Å². The van der Waals surface area contributed by atoms with E-state index in [2.05, 4.69) is 48.3 Å². The van der Waals surface area contributed by atoms with Gasteiger partial charge in [-0.3, -0.25) is 4.79 Å². The number of phenolic OH excluding ortho intramolecular Hbond substituents is 1. The van der Waals surface area contributed by atoms with Crippen LogP contribution in [0.3, 0.4) is 0 Å². The molecule has 2 bridgehead atoms. The van der Waals surface area contributed by atoms with Crippen molar-refractivity contribution in [3.05, 3.63) is 102 Å². The van der Waals surface area contributed by atoms with E-state index >= 15 is 0 Å². The molecule has 2 aliphatic carbocycles. The van der Waals surface area contributed by atoms with E-state index in [0.717, 1.165) is 47.2 Å². The van der Waals surface area contributed by atoms with E-state index in [1.54, 1.807) is 12.1 Å². The molecule has 228 valence electrons. The van der Waals surface area contributed by atoms with Gasteiger partial charge >= 0.3 is 0 Å². The molecule has 2 fully saturated rings. The monoisotopic (exact) mass is 583 g/mol. The van der Waals surface area contributed by atoms with E-state index in [4.69, 9.17) is 4.74 Å². The highest BCUT2D eigenvalue weighted by molar-refractivity contribution is 5.89. The molecule has 0 aliphatic heterocycles. The number of phenols is 1. The minimum atomic E-state index is -1.69. The molecule has 0 unspecified atom stereocenters. The first-order valence-electron chi connectivity index (χ1n) is 15.3. The number of aryl methyl sites for hydroxylation is 2. The number of fused-ring (bicyclic) bond motifs is 2. The molecule has 5 rings (SSSR count). The quantitative estimate of drug-likeness (QED) is 0.115. The number of hydrogen-bond acceptors (Lipinski definition) is 6. The van der Waals surface area contributed by atoms with Crippen LogP contribution in [-0.4, -0.2) is 47.2 Å². The molecule has 0 heterocycles. The predicted octanol–water partition coefficient (Wildman–Crippen LogP) is 5.83. The zero-order chi connectivity index (χ0) is 30.8. The zero-order valence-electron chi connectivity index (χ0n) is 25.6. The normalized spacial score (nSPS) is 25.7. The first-order valence-corrected chi connectivity index (χ1v) is 15.3. The Kier molecular flexibility index (Phi) is 8.96. The van der Waals surface area contributed by atoms with E-state index in [9.17, 15) is 20.1 Å². The van der Waals surface area contributed by atoms with Crippen LogP contribution in [-0.2, 0) is 28.9 Å². The first-order chi connectivity index (χ1) is 20.6. The molecule has 0 radical (unpaired) electrons. The Morgan fingerprint density at radius 2 is 1.70 bits per heavy atom. The molecule has 0 aromatic heterocycles. The molecule has 2 saturated carbocycles. The predicted molar refractivity (Wildman–Crippen MR) is 169 cm³/mol. The third-order valence-electron chi connectivity index (χ3n) is 10.2. The SMILES string of the molecule is C=C1[C@H]2[C@H](CO)C[C@@](C(=O)CCc3cccc(-c4cc(O)cc(CNCCCc5ccccc5)c4)c3)(C1(C)C)[C@]2(O)OC. The minimum absolute atomic E-state index is 0.0650. The second-order valence-electron chi connectivity index (χ2n) is 12.9. The van der Waals surface area contributed by atoms with Gasteiger partial charge in [0, 0.05) is 38.0 Å². The summed E-state index contributed by atoms with van der Waals surface area (Å²) < 4.78 is 5.70. The van der Waals surface area contributed by atoms with E-state index < -0.39 is 22.5 Å². The standard InChI is InChI=1S/C37H45NO5/c1-25-34-31(24-39)22-36(35(25,2)3,37(34,42)43-4)33(41)16-15-27-12-8-14-29(18-27)30-19-28(20-32(40)21-30)23-38-17-9-13-26-10-6-5-7-11-26/h5-8,10-12,14,18-21,31,34,38-40,42H,1,9,13,15-17,22-24H2,2-4H3/t31-,34-,36+,37+/m0/s1. The number of Topliss-reactive ketones (excluding diaryl/α,β-unsaturated/α-hetero) is 1. The van der Waals surface area contributed by atoms with Crippen molar-refractivity contribution in [2.45, 2.75) is 58.3 Å². The Morgan fingerprint density at radius 1 is 0.977 bits per heavy atom. The summed E-state index contributed by atoms with van der Waals surface area (Å²) in [5, 5.41) is 35.8. The topological polar surface area (TPSA) is 99.0 Å². The van der Waals surface area contributed by atoms with Crippen LogP contribution in [0.4, 0.5) is 0 Å². The van der Waals surface area contributed by atoms with Crippen molar-refractivity contribution >= 4 is 5.78 Å². The summed E-state index contributed by atoms with van der Waals surface area (Å²) in [4.78, 5) is 14.1. The number of benzene rings is 3. The van der Waals surface area contributed by atoms with E-state index in [0.29, 0.717) is 19.4 Å². The average molecular weight is 584 g/mol. The van der Waals surface area contributed by atoms with Gasteiger partial charge in [0.05, 0.1) is 5.41 Å². The van der Waals surface area contributed by atoms with Crippen LogP contribution in [0.1, 0.15) is 49.8 Å². The number of methoxy groups -OCH3 is 1. The number of nitrogens with one attached hydrogen (secondary N) is 1.